The summed E-state index contributed by atoms with van der Waals surface area (Å²) in [6.45, 7) is 2.60. The van der Waals surface area contributed by atoms with Crippen molar-refractivity contribution in [2.75, 3.05) is 26.2 Å². The number of benzene rings is 1. The van der Waals surface area contributed by atoms with Crippen LogP contribution in [0.15, 0.2) is 30.3 Å². The Morgan fingerprint density at radius 1 is 1.28 bits per heavy atom. The van der Waals surface area contributed by atoms with Crippen LogP contribution in [0.3, 0.4) is 0 Å². The standard InChI is InChI=1S/C14H19NO3/c16-14(17)10-15-8-6-12(7-9-15)11-18-13-4-2-1-3-5-13/h1-5,12H,6-11H2,(H,16,17). The highest BCUT2D eigenvalue weighted by molar-refractivity contribution is 5.69. The number of piperidine rings is 1. The molecular formula is C14H19NO3. The van der Waals surface area contributed by atoms with Crippen LogP contribution in [0.1, 0.15) is 12.8 Å². The number of carboxylic acid groups (broad SMARTS) is 1. The second-order valence-corrected chi connectivity index (χ2v) is 4.74. The molecule has 1 aliphatic rings. The normalized spacial score (nSPS) is 17.6. The number of hydrogen-bond acceptors (Lipinski definition) is 3. The molecule has 1 N–H and O–H groups in total. The lowest BCUT2D eigenvalue weighted by Gasteiger charge is -2.30. The van der Waals surface area contributed by atoms with Gasteiger partial charge in [0.15, 0.2) is 0 Å². The first kappa shape index (κ1) is 12.9. The summed E-state index contributed by atoms with van der Waals surface area (Å²) < 4.78 is 5.73. The molecule has 1 aromatic carbocycles. The molecule has 0 spiro atoms. The zero-order valence-electron chi connectivity index (χ0n) is 10.4. The van der Waals surface area contributed by atoms with E-state index in [0.29, 0.717) is 5.92 Å². The molecule has 4 nitrogen and oxygen atoms in total. The zero-order valence-corrected chi connectivity index (χ0v) is 10.4. The van der Waals surface area contributed by atoms with Crippen LogP contribution in [0.2, 0.25) is 0 Å². The number of para-hydroxylation sites is 1. The number of hydrogen-bond donors (Lipinski definition) is 1. The van der Waals surface area contributed by atoms with Gasteiger partial charge in [0.25, 0.3) is 0 Å². The first-order valence-corrected chi connectivity index (χ1v) is 6.36. The fourth-order valence-electron chi connectivity index (χ4n) is 2.23. The Balaban J connectivity index is 1.69. The zero-order chi connectivity index (χ0) is 12.8. The maximum absolute atomic E-state index is 10.6. The van der Waals surface area contributed by atoms with Gasteiger partial charge in [-0.25, -0.2) is 0 Å². The average Bonchev–Trinajstić information content (AvgIpc) is 2.38. The van der Waals surface area contributed by atoms with E-state index in [1.165, 1.54) is 0 Å². The van der Waals surface area contributed by atoms with E-state index in [2.05, 4.69) is 0 Å². The molecule has 2 rings (SSSR count). The highest BCUT2D eigenvalue weighted by Gasteiger charge is 2.20. The summed E-state index contributed by atoms with van der Waals surface area (Å²) in [7, 11) is 0. The van der Waals surface area contributed by atoms with Crippen molar-refractivity contribution in [2.24, 2.45) is 5.92 Å². The lowest BCUT2D eigenvalue weighted by atomic mass is 9.98. The van der Waals surface area contributed by atoms with E-state index in [0.717, 1.165) is 38.3 Å². The molecule has 0 aromatic heterocycles. The van der Waals surface area contributed by atoms with Gasteiger partial charge in [-0.05, 0) is 44.0 Å². The predicted octanol–water partition coefficient (Wildman–Crippen LogP) is 1.86. The number of carboxylic acids is 1. The Labute approximate surface area is 107 Å². The summed E-state index contributed by atoms with van der Waals surface area (Å²) in [4.78, 5) is 12.6. The van der Waals surface area contributed by atoms with E-state index < -0.39 is 5.97 Å². The molecule has 0 amide bonds. The van der Waals surface area contributed by atoms with Gasteiger partial charge in [0.05, 0.1) is 13.2 Å². The summed E-state index contributed by atoms with van der Waals surface area (Å²) in [6.07, 6.45) is 2.03. The van der Waals surface area contributed by atoms with Gasteiger partial charge in [0.1, 0.15) is 5.75 Å². The van der Waals surface area contributed by atoms with E-state index in [1.807, 2.05) is 35.2 Å². The number of rotatable bonds is 5. The van der Waals surface area contributed by atoms with Gasteiger partial charge in [0.2, 0.25) is 0 Å². The van der Waals surface area contributed by atoms with E-state index in [1.54, 1.807) is 0 Å². The molecule has 0 atom stereocenters. The number of aliphatic carboxylic acids is 1. The topological polar surface area (TPSA) is 49.8 Å². The first-order valence-electron chi connectivity index (χ1n) is 6.36. The van der Waals surface area contributed by atoms with Crippen LogP contribution in [0, 0.1) is 5.92 Å². The van der Waals surface area contributed by atoms with Crippen LogP contribution >= 0.6 is 0 Å². The van der Waals surface area contributed by atoms with Crippen molar-refractivity contribution in [3.63, 3.8) is 0 Å². The maximum Gasteiger partial charge on any atom is 0.317 e. The third kappa shape index (κ3) is 4.04. The molecule has 0 radical (unpaired) electrons. The molecule has 0 saturated carbocycles. The van der Waals surface area contributed by atoms with Crippen LogP contribution in [-0.4, -0.2) is 42.2 Å². The molecule has 4 heteroatoms. The Hall–Kier alpha value is -1.55. The summed E-state index contributed by atoms with van der Waals surface area (Å²) in [6, 6.07) is 9.81. The van der Waals surface area contributed by atoms with Crippen LogP contribution in [0.5, 0.6) is 5.75 Å². The molecule has 1 aromatic rings. The molecule has 0 unspecified atom stereocenters. The van der Waals surface area contributed by atoms with E-state index in [-0.39, 0.29) is 6.54 Å². The molecule has 18 heavy (non-hydrogen) atoms. The van der Waals surface area contributed by atoms with Gasteiger partial charge in [0, 0.05) is 0 Å². The second-order valence-electron chi connectivity index (χ2n) is 4.74. The van der Waals surface area contributed by atoms with Crippen molar-refractivity contribution in [2.45, 2.75) is 12.8 Å². The van der Waals surface area contributed by atoms with E-state index in [4.69, 9.17) is 9.84 Å². The Kier molecular flexibility index (Phi) is 4.59. The molecule has 1 fully saturated rings. The van der Waals surface area contributed by atoms with Crippen LogP contribution in [0.4, 0.5) is 0 Å². The minimum atomic E-state index is -0.742. The van der Waals surface area contributed by atoms with E-state index in [9.17, 15) is 4.79 Å². The summed E-state index contributed by atoms with van der Waals surface area (Å²) >= 11 is 0. The average molecular weight is 249 g/mol. The Morgan fingerprint density at radius 3 is 2.56 bits per heavy atom. The van der Waals surface area contributed by atoms with Crippen molar-refractivity contribution in [1.29, 1.82) is 0 Å². The molecule has 1 saturated heterocycles. The quantitative estimate of drug-likeness (QED) is 0.865. The fourth-order valence-corrected chi connectivity index (χ4v) is 2.23. The van der Waals surface area contributed by atoms with Gasteiger partial charge in [-0.15, -0.1) is 0 Å². The molecule has 0 bridgehead atoms. The van der Waals surface area contributed by atoms with Crippen LogP contribution in [0.25, 0.3) is 0 Å². The first-order chi connectivity index (χ1) is 8.74. The summed E-state index contributed by atoms with van der Waals surface area (Å²) in [5.74, 6) is 0.703. The minimum absolute atomic E-state index is 0.159. The minimum Gasteiger partial charge on any atom is -0.493 e. The fraction of sp³-hybridized carbons (Fsp3) is 0.500. The summed E-state index contributed by atoms with van der Waals surface area (Å²) in [5, 5.41) is 8.72. The lowest BCUT2D eigenvalue weighted by molar-refractivity contribution is -0.138. The third-order valence-electron chi connectivity index (χ3n) is 3.29. The van der Waals surface area contributed by atoms with Gasteiger partial charge in [-0.1, -0.05) is 18.2 Å². The number of nitrogens with zero attached hydrogens (tertiary/aromatic N) is 1. The van der Waals surface area contributed by atoms with Gasteiger partial charge in [-0.2, -0.15) is 0 Å². The molecule has 1 heterocycles. The number of likely N-dealkylation sites (tertiary alicyclic amines) is 1. The second kappa shape index (κ2) is 6.40. The molecule has 98 valence electrons. The predicted molar refractivity (Wildman–Crippen MR) is 68.7 cm³/mol. The number of carbonyl (C=O) groups is 1. The monoisotopic (exact) mass is 249 g/mol. The van der Waals surface area contributed by atoms with Crippen molar-refractivity contribution >= 4 is 5.97 Å². The smallest absolute Gasteiger partial charge is 0.317 e. The van der Waals surface area contributed by atoms with Gasteiger partial charge in [-0.3, -0.25) is 9.69 Å². The maximum atomic E-state index is 10.6. The van der Waals surface area contributed by atoms with Crippen molar-refractivity contribution in [1.82, 2.24) is 4.90 Å². The number of ether oxygens (including phenoxy) is 1. The van der Waals surface area contributed by atoms with Gasteiger partial charge >= 0.3 is 5.97 Å². The van der Waals surface area contributed by atoms with Crippen molar-refractivity contribution in [3.8, 4) is 5.75 Å². The van der Waals surface area contributed by atoms with Gasteiger partial charge < -0.3 is 9.84 Å². The summed E-state index contributed by atoms with van der Waals surface area (Å²) in [5.41, 5.74) is 0. The Bertz CT molecular complexity index is 372. The van der Waals surface area contributed by atoms with Crippen LogP contribution in [-0.2, 0) is 4.79 Å². The third-order valence-corrected chi connectivity index (χ3v) is 3.29. The van der Waals surface area contributed by atoms with Crippen molar-refractivity contribution < 1.29 is 14.6 Å². The van der Waals surface area contributed by atoms with Crippen molar-refractivity contribution in [3.05, 3.63) is 30.3 Å². The SMILES string of the molecule is O=C(O)CN1CCC(COc2ccccc2)CC1. The van der Waals surface area contributed by atoms with Crippen LogP contribution < -0.4 is 4.74 Å². The van der Waals surface area contributed by atoms with E-state index >= 15 is 0 Å². The largest absolute Gasteiger partial charge is 0.493 e. The molecular weight excluding hydrogens is 230 g/mol. The molecule has 0 aliphatic carbocycles. The highest BCUT2D eigenvalue weighted by atomic mass is 16.5. The molecule has 1 aliphatic heterocycles. The lowest BCUT2D eigenvalue weighted by Crippen LogP contribution is -2.38. The Morgan fingerprint density at radius 2 is 1.94 bits per heavy atom. The highest BCUT2D eigenvalue weighted by Crippen LogP contribution is 2.19.